The highest BCUT2D eigenvalue weighted by Crippen LogP contribution is 2.26. The van der Waals surface area contributed by atoms with Crippen molar-refractivity contribution in [3.05, 3.63) is 56.7 Å². The van der Waals surface area contributed by atoms with Gasteiger partial charge < -0.3 is 0 Å². The van der Waals surface area contributed by atoms with E-state index < -0.39 is 31.3 Å². The SMILES string of the molecule is CCN(C(=O)c1ccc(S(C)(=O)=O)c([N+](=O)[O-])c1)c1ccc(Br)cn1. The van der Waals surface area contributed by atoms with Crippen LogP contribution in [0.2, 0.25) is 0 Å². The summed E-state index contributed by atoms with van der Waals surface area (Å²) in [5, 5.41) is 11.2. The first-order valence-electron chi connectivity index (χ1n) is 7.07. The molecule has 2 aromatic rings. The van der Waals surface area contributed by atoms with Gasteiger partial charge in [-0.25, -0.2) is 13.4 Å². The minimum Gasteiger partial charge on any atom is -0.293 e. The summed E-state index contributed by atoms with van der Waals surface area (Å²) in [6.07, 6.45) is 2.40. The smallest absolute Gasteiger partial charge is 0.288 e. The number of benzene rings is 1. The molecular formula is C15H14BrN3O5S. The van der Waals surface area contributed by atoms with Gasteiger partial charge in [0.05, 0.1) is 4.92 Å². The van der Waals surface area contributed by atoms with Gasteiger partial charge in [-0.3, -0.25) is 19.8 Å². The molecule has 0 spiro atoms. The number of rotatable bonds is 5. The standard InChI is InChI=1S/C15H14BrN3O5S/c1-3-18(14-7-5-11(16)9-17-14)15(20)10-4-6-13(25(2,23)24)12(8-10)19(21)22/h4-9H,3H2,1-2H3. The van der Waals surface area contributed by atoms with E-state index in [-0.39, 0.29) is 12.1 Å². The summed E-state index contributed by atoms with van der Waals surface area (Å²) >= 11 is 3.25. The molecule has 0 radical (unpaired) electrons. The number of carbonyl (C=O) groups excluding carboxylic acids is 1. The van der Waals surface area contributed by atoms with Gasteiger partial charge in [-0.1, -0.05) is 0 Å². The lowest BCUT2D eigenvalue weighted by atomic mass is 10.1. The summed E-state index contributed by atoms with van der Waals surface area (Å²) in [5.74, 6) is -0.133. The second-order valence-electron chi connectivity index (χ2n) is 5.10. The molecule has 10 heteroatoms. The molecule has 8 nitrogen and oxygen atoms in total. The number of hydrogen-bond acceptors (Lipinski definition) is 6. The van der Waals surface area contributed by atoms with Crippen molar-refractivity contribution in [2.45, 2.75) is 11.8 Å². The zero-order chi connectivity index (χ0) is 18.8. The lowest BCUT2D eigenvalue weighted by Gasteiger charge is -2.20. The highest BCUT2D eigenvalue weighted by molar-refractivity contribution is 9.10. The molecule has 0 atom stereocenters. The van der Waals surface area contributed by atoms with Crippen LogP contribution >= 0.6 is 15.9 Å². The Kier molecular flexibility index (Phi) is 5.53. The van der Waals surface area contributed by atoms with Crippen molar-refractivity contribution in [2.75, 3.05) is 17.7 Å². The van der Waals surface area contributed by atoms with Crippen LogP contribution in [0.15, 0.2) is 45.9 Å². The monoisotopic (exact) mass is 427 g/mol. The number of carbonyl (C=O) groups is 1. The molecule has 0 aliphatic rings. The predicted octanol–water partition coefficient (Wildman–Crippen LogP) is 2.82. The van der Waals surface area contributed by atoms with Crippen molar-refractivity contribution in [1.29, 1.82) is 0 Å². The molecule has 0 bridgehead atoms. The van der Waals surface area contributed by atoms with Crippen LogP contribution < -0.4 is 4.90 Å². The summed E-state index contributed by atoms with van der Waals surface area (Å²) in [4.78, 5) is 28.1. The summed E-state index contributed by atoms with van der Waals surface area (Å²) in [6.45, 7) is 2.02. The van der Waals surface area contributed by atoms with E-state index in [4.69, 9.17) is 0 Å². The van der Waals surface area contributed by atoms with E-state index in [0.29, 0.717) is 5.82 Å². The molecule has 0 saturated carbocycles. The number of sulfone groups is 1. The Balaban J connectivity index is 2.49. The Labute approximate surface area is 152 Å². The van der Waals surface area contributed by atoms with Gasteiger partial charge in [0, 0.05) is 35.1 Å². The van der Waals surface area contributed by atoms with Crippen LogP contribution in [0.5, 0.6) is 0 Å². The van der Waals surface area contributed by atoms with Crippen LogP contribution in [-0.4, -0.2) is 37.0 Å². The minimum atomic E-state index is -3.79. The number of nitro groups is 1. The van der Waals surface area contributed by atoms with Gasteiger partial charge in [-0.2, -0.15) is 0 Å². The van der Waals surface area contributed by atoms with E-state index in [0.717, 1.165) is 22.9 Å². The van der Waals surface area contributed by atoms with Crippen molar-refractivity contribution in [2.24, 2.45) is 0 Å². The fourth-order valence-electron chi connectivity index (χ4n) is 2.20. The Hall–Kier alpha value is -2.33. The maximum atomic E-state index is 12.7. The summed E-state index contributed by atoms with van der Waals surface area (Å²) in [6, 6.07) is 6.65. The highest BCUT2D eigenvalue weighted by atomic mass is 79.9. The Bertz CT molecular complexity index is 929. The number of hydrogen-bond donors (Lipinski definition) is 0. The number of halogens is 1. The highest BCUT2D eigenvalue weighted by Gasteiger charge is 2.26. The average molecular weight is 428 g/mol. The molecule has 2 rings (SSSR count). The Morgan fingerprint density at radius 1 is 1.32 bits per heavy atom. The van der Waals surface area contributed by atoms with Crippen LogP contribution in [0.4, 0.5) is 11.5 Å². The van der Waals surface area contributed by atoms with E-state index in [2.05, 4.69) is 20.9 Å². The third-order valence-electron chi connectivity index (χ3n) is 3.35. The third kappa shape index (κ3) is 4.20. The molecule has 1 aromatic heterocycles. The molecule has 132 valence electrons. The zero-order valence-electron chi connectivity index (χ0n) is 13.3. The van der Waals surface area contributed by atoms with E-state index in [9.17, 15) is 23.3 Å². The van der Waals surface area contributed by atoms with Gasteiger partial charge in [0.25, 0.3) is 11.6 Å². The van der Waals surface area contributed by atoms with E-state index in [1.807, 2.05) is 0 Å². The molecule has 1 heterocycles. The molecule has 0 aliphatic carbocycles. The first-order valence-corrected chi connectivity index (χ1v) is 9.75. The molecule has 0 unspecified atom stereocenters. The van der Waals surface area contributed by atoms with E-state index >= 15 is 0 Å². The first-order chi connectivity index (χ1) is 11.6. The van der Waals surface area contributed by atoms with E-state index in [1.54, 1.807) is 19.1 Å². The number of nitrogens with zero attached hydrogens (tertiary/aromatic N) is 3. The van der Waals surface area contributed by atoms with Gasteiger partial charge >= 0.3 is 0 Å². The molecule has 1 aromatic carbocycles. The largest absolute Gasteiger partial charge is 0.293 e. The zero-order valence-corrected chi connectivity index (χ0v) is 15.7. The van der Waals surface area contributed by atoms with Crippen molar-refractivity contribution in [3.8, 4) is 0 Å². The quantitative estimate of drug-likeness (QED) is 0.535. The van der Waals surface area contributed by atoms with Crippen LogP contribution in [0.1, 0.15) is 17.3 Å². The lowest BCUT2D eigenvalue weighted by molar-refractivity contribution is -0.387. The van der Waals surface area contributed by atoms with Crippen molar-refractivity contribution in [1.82, 2.24) is 4.98 Å². The third-order valence-corrected chi connectivity index (χ3v) is 4.97. The summed E-state index contributed by atoms with van der Waals surface area (Å²) in [5.41, 5.74) is -0.626. The normalized spacial score (nSPS) is 11.2. The summed E-state index contributed by atoms with van der Waals surface area (Å²) in [7, 11) is -3.79. The molecule has 0 saturated heterocycles. The lowest BCUT2D eigenvalue weighted by Crippen LogP contribution is -2.31. The van der Waals surface area contributed by atoms with Crippen molar-refractivity contribution < 1.29 is 18.1 Å². The number of nitro benzene ring substituents is 1. The molecule has 0 fully saturated rings. The van der Waals surface area contributed by atoms with Crippen LogP contribution in [-0.2, 0) is 9.84 Å². The minimum absolute atomic E-state index is 0.00525. The fraction of sp³-hybridized carbons (Fsp3) is 0.200. The fourth-order valence-corrected chi connectivity index (χ4v) is 3.26. The average Bonchev–Trinajstić information content (AvgIpc) is 2.55. The number of aromatic nitrogens is 1. The molecular weight excluding hydrogens is 414 g/mol. The second-order valence-corrected chi connectivity index (χ2v) is 8.00. The summed E-state index contributed by atoms with van der Waals surface area (Å²) < 4.78 is 24.1. The number of amides is 1. The predicted molar refractivity (Wildman–Crippen MR) is 95.5 cm³/mol. The van der Waals surface area contributed by atoms with Gasteiger partial charge in [0.1, 0.15) is 10.7 Å². The van der Waals surface area contributed by atoms with Crippen LogP contribution in [0.3, 0.4) is 0 Å². The number of pyridine rings is 1. The maximum absolute atomic E-state index is 12.7. The Morgan fingerprint density at radius 3 is 2.48 bits per heavy atom. The molecule has 0 aliphatic heterocycles. The molecule has 1 amide bonds. The van der Waals surface area contributed by atoms with Crippen LogP contribution in [0, 0.1) is 10.1 Å². The molecule has 25 heavy (non-hydrogen) atoms. The van der Waals surface area contributed by atoms with Crippen LogP contribution in [0.25, 0.3) is 0 Å². The number of anilines is 1. The van der Waals surface area contributed by atoms with Crippen molar-refractivity contribution in [3.63, 3.8) is 0 Å². The van der Waals surface area contributed by atoms with Gasteiger partial charge in [0.15, 0.2) is 9.84 Å². The molecule has 0 N–H and O–H groups in total. The maximum Gasteiger partial charge on any atom is 0.288 e. The van der Waals surface area contributed by atoms with Gasteiger partial charge in [-0.15, -0.1) is 0 Å². The first kappa shape index (κ1) is 19.0. The van der Waals surface area contributed by atoms with Gasteiger partial charge in [0.2, 0.25) is 0 Å². The van der Waals surface area contributed by atoms with Crippen molar-refractivity contribution >= 4 is 43.2 Å². The second kappa shape index (κ2) is 7.28. The topological polar surface area (TPSA) is 110 Å². The Morgan fingerprint density at radius 2 is 2.00 bits per heavy atom. The van der Waals surface area contributed by atoms with E-state index in [1.165, 1.54) is 17.2 Å². The van der Waals surface area contributed by atoms with Gasteiger partial charge in [-0.05, 0) is 47.1 Å².